The van der Waals surface area contributed by atoms with Gasteiger partial charge in [-0.15, -0.1) is 6.42 Å². The summed E-state index contributed by atoms with van der Waals surface area (Å²) in [6.07, 6.45) is 6.70. The van der Waals surface area contributed by atoms with E-state index >= 15 is 0 Å². The summed E-state index contributed by atoms with van der Waals surface area (Å²) in [5.74, 6) is 2.00. The maximum Gasteiger partial charge on any atom is 0.408 e. The highest BCUT2D eigenvalue weighted by Gasteiger charge is 2.23. The van der Waals surface area contributed by atoms with Gasteiger partial charge in [0.2, 0.25) is 5.91 Å². The molecule has 6 nitrogen and oxygen atoms in total. The predicted octanol–water partition coefficient (Wildman–Crippen LogP) is 2.75. The number of rotatable bonds is 7. The monoisotopic (exact) mass is 375 g/mol. The largest absolute Gasteiger partial charge is 0.445 e. The third kappa shape index (κ3) is 4.92. The third-order valence-corrected chi connectivity index (χ3v) is 4.28. The summed E-state index contributed by atoms with van der Waals surface area (Å²) < 4.78 is 5.24. The molecule has 0 aliphatic rings. The number of aromatic nitrogens is 1. The summed E-state index contributed by atoms with van der Waals surface area (Å²) in [6, 6.07) is 16.3. The Hall–Kier alpha value is -3.72. The molecule has 28 heavy (non-hydrogen) atoms. The van der Waals surface area contributed by atoms with E-state index in [9.17, 15) is 9.59 Å². The molecule has 6 heteroatoms. The van der Waals surface area contributed by atoms with Crippen LogP contribution < -0.4 is 10.6 Å². The van der Waals surface area contributed by atoms with Crippen LogP contribution in [0.3, 0.4) is 0 Å². The van der Waals surface area contributed by atoms with Crippen molar-refractivity contribution >= 4 is 22.9 Å². The molecule has 3 rings (SSSR count). The van der Waals surface area contributed by atoms with Gasteiger partial charge in [-0.3, -0.25) is 4.79 Å². The number of amides is 2. The number of alkyl carbamates (subject to hydrolysis) is 1. The van der Waals surface area contributed by atoms with E-state index in [0.717, 1.165) is 22.0 Å². The van der Waals surface area contributed by atoms with Crippen LogP contribution >= 0.6 is 0 Å². The molecule has 0 unspecified atom stereocenters. The van der Waals surface area contributed by atoms with Crippen molar-refractivity contribution in [3.05, 3.63) is 71.9 Å². The molecule has 1 aromatic heterocycles. The minimum atomic E-state index is -0.809. The second-order valence-electron chi connectivity index (χ2n) is 6.24. The Balaban J connectivity index is 1.68. The normalized spacial score (nSPS) is 11.4. The minimum Gasteiger partial charge on any atom is -0.445 e. The van der Waals surface area contributed by atoms with E-state index in [1.807, 2.05) is 60.8 Å². The van der Waals surface area contributed by atoms with E-state index in [4.69, 9.17) is 11.2 Å². The lowest BCUT2D eigenvalue weighted by molar-refractivity contribution is -0.122. The first-order valence-electron chi connectivity index (χ1n) is 8.90. The standard InChI is InChI=1S/C22H21N3O3/c1-2-12-23-21(26)20(13-17-14-24-19-11-7-6-10-18(17)19)25-22(27)28-15-16-8-4-3-5-9-16/h1,3-11,14,20,24H,12-13,15H2,(H,23,26)(H,25,27)/t20-/m0/s1. The molecule has 2 aromatic carbocycles. The van der Waals surface area contributed by atoms with Gasteiger partial charge in [-0.2, -0.15) is 0 Å². The van der Waals surface area contributed by atoms with Crippen LogP contribution in [0.15, 0.2) is 60.8 Å². The molecule has 0 bridgehead atoms. The second-order valence-corrected chi connectivity index (χ2v) is 6.24. The summed E-state index contributed by atoms with van der Waals surface area (Å²) in [6.45, 7) is 0.211. The zero-order valence-corrected chi connectivity index (χ0v) is 15.3. The Morgan fingerprint density at radius 1 is 1.11 bits per heavy atom. The summed E-state index contributed by atoms with van der Waals surface area (Å²) in [5, 5.41) is 6.26. The highest BCUT2D eigenvalue weighted by molar-refractivity contribution is 5.88. The van der Waals surface area contributed by atoms with Crippen LogP contribution in [0.1, 0.15) is 11.1 Å². The molecule has 0 aliphatic heterocycles. The van der Waals surface area contributed by atoms with Crippen molar-refractivity contribution in [2.75, 3.05) is 6.54 Å². The first kappa shape index (κ1) is 19.1. The van der Waals surface area contributed by atoms with E-state index in [0.29, 0.717) is 6.42 Å². The number of H-pyrrole nitrogens is 1. The number of hydrogen-bond acceptors (Lipinski definition) is 3. The van der Waals surface area contributed by atoms with Gasteiger partial charge in [0.05, 0.1) is 6.54 Å². The lowest BCUT2D eigenvalue weighted by atomic mass is 10.0. The van der Waals surface area contributed by atoms with Gasteiger partial charge in [-0.1, -0.05) is 54.5 Å². The van der Waals surface area contributed by atoms with Crippen molar-refractivity contribution in [2.24, 2.45) is 0 Å². The Bertz CT molecular complexity index is 989. The molecule has 3 aromatic rings. The van der Waals surface area contributed by atoms with Gasteiger partial charge >= 0.3 is 6.09 Å². The van der Waals surface area contributed by atoms with Crippen molar-refractivity contribution in [1.29, 1.82) is 0 Å². The molecule has 0 saturated carbocycles. The van der Waals surface area contributed by atoms with Gasteiger partial charge in [0, 0.05) is 23.5 Å². The lowest BCUT2D eigenvalue weighted by Gasteiger charge is -2.17. The van der Waals surface area contributed by atoms with Crippen molar-refractivity contribution < 1.29 is 14.3 Å². The highest BCUT2D eigenvalue weighted by Crippen LogP contribution is 2.19. The lowest BCUT2D eigenvalue weighted by Crippen LogP contribution is -2.48. The van der Waals surface area contributed by atoms with Gasteiger partial charge < -0.3 is 20.4 Å². The molecular formula is C22H21N3O3. The Kier molecular flexibility index (Phi) is 6.32. The average Bonchev–Trinajstić information content (AvgIpc) is 3.13. The minimum absolute atomic E-state index is 0.0873. The molecule has 2 amide bonds. The summed E-state index contributed by atoms with van der Waals surface area (Å²) in [7, 11) is 0. The van der Waals surface area contributed by atoms with Crippen LogP contribution in [-0.4, -0.2) is 29.6 Å². The van der Waals surface area contributed by atoms with Gasteiger partial charge in [0.25, 0.3) is 0 Å². The second kappa shape index (κ2) is 9.28. The fraction of sp³-hybridized carbons (Fsp3) is 0.182. The zero-order valence-electron chi connectivity index (χ0n) is 15.3. The first-order chi connectivity index (χ1) is 13.7. The predicted molar refractivity (Wildman–Crippen MR) is 107 cm³/mol. The SMILES string of the molecule is C#CCNC(=O)[C@H](Cc1c[nH]c2ccccc12)NC(=O)OCc1ccccc1. The number of nitrogens with one attached hydrogen (secondary N) is 3. The molecule has 1 atom stereocenters. The van der Waals surface area contributed by atoms with Crippen LogP contribution in [-0.2, 0) is 22.6 Å². The Labute approximate surface area is 163 Å². The van der Waals surface area contributed by atoms with Crippen molar-refractivity contribution in [3.63, 3.8) is 0 Å². The number of hydrogen-bond donors (Lipinski definition) is 3. The molecule has 142 valence electrons. The van der Waals surface area contributed by atoms with Crippen LogP contribution in [0.5, 0.6) is 0 Å². The topological polar surface area (TPSA) is 83.2 Å². The van der Waals surface area contributed by atoms with E-state index in [1.165, 1.54) is 0 Å². The average molecular weight is 375 g/mol. The van der Waals surface area contributed by atoms with E-state index in [-0.39, 0.29) is 19.1 Å². The summed E-state index contributed by atoms with van der Waals surface area (Å²) in [4.78, 5) is 27.9. The summed E-state index contributed by atoms with van der Waals surface area (Å²) in [5.41, 5.74) is 2.74. The maximum atomic E-state index is 12.5. The Morgan fingerprint density at radius 2 is 1.86 bits per heavy atom. The summed E-state index contributed by atoms with van der Waals surface area (Å²) >= 11 is 0. The van der Waals surface area contributed by atoms with Crippen molar-refractivity contribution in [3.8, 4) is 12.3 Å². The quantitative estimate of drug-likeness (QED) is 0.555. The van der Waals surface area contributed by atoms with Crippen LogP contribution in [0, 0.1) is 12.3 Å². The van der Waals surface area contributed by atoms with Gasteiger partial charge in [-0.05, 0) is 17.2 Å². The van der Waals surface area contributed by atoms with Crippen LogP contribution in [0.4, 0.5) is 4.79 Å². The number of carbonyl (C=O) groups is 2. The number of fused-ring (bicyclic) bond motifs is 1. The highest BCUT2D eigenvalue weighted by atomic mass is 16.5. The number of aromatic amines is 1. The molecule has 0 aliphatic carbocycles. The molecular weight excluding hydrogens is 354 g/mol. The van der Waals surface area contributed by atoms with Crippen molar-refractivity contribution in [1.82, 2.24) is 15.6 Å². The third-order valence-electron chi connectivity index (χ3n) is 4.28. The van der Waals surface area contributed by atoms with Gasteiger partial charge in [0.1, 0.15) is 12.6 Å². The number of terminal acetylenes is 1. The Morgan fingerprint density at radius 3 is 2.64 bits per heavy atom. The molecule has 0 radical (unpaired) electrons. The fourth-order valence-corrected chi connectivity index (χ4v) is 2.90. The number of para-hydroxylation sites is 1. The smallest absolute Gasteiger partial charge is 0.408 e. The van der Waals surface area contributed by atoms with Crippen LogP contribution in [0.2, 0.25) is 0 Å². The number of ether oxygens (including phenoxy) is 1. The van der Waals surface area contributed by atoms with E-state index in [2.05, 4.69) is 21.5 Å². The molecule has 0 saturated heterocycles. The van der Waals surface area contributed by atoms with Crippen LogP contribution in [0.25, 0.3) is 10.9 Å². The molecule has 0 spiro atoms. The number of benzene rings is 2. The zero-order chi connectivity index (χ0) is 19.8. The van der Waals surface area contributed by atoms with Crippen molar-refractivity contribution in [2.45, 2.75) is 19.1 Å². The molecule has 0 fully saturated rings. The maximum absolute atomic E-state index is 12.5. The first-order valence-corrected chi connectivity index (χ1v) is 8.90. The molecule has 3 N–H and O–H groups in total. The van der Waals surface area contributed by atoms with Gasteiger partial charge in [0.15, 0.2) is 0 Å². The fourth-order valence-electron chi connectivity index (χ4n) is 2.90. The van der Waals surface area contributed by atoms with E-state index in [1.54, 1.807) is 0 Å². The number of carbonyl (C=O) groups excluding carboxylic acids is 2. The molecule has 1 heterocycles. The van der Waals surface area contributed by atoms with Gasteiger partial charge in [-0.25, -0.2) is 4.79 Å². The van der Waals surface area contributed by atoms with E-state index < -0.39 is 12.1 Å².